The van der Waals surface area contributed by atoms with Crippen LogP contribution in [0, 0.1) is 5.41 Å². The Labute approximate surface area is 80.5 Å². The van der Waals surface area contributed by atoms with Crippen LogP contribution in [0.5, 0.6) is 0 Å². The van der Waals surface area contributed by atoms with Crippen molar-refractivity contribution in [2.24, 2.45) is 5.41 Å². The van der Waals surface area contributed by atoms with Crippen molar-refractivity contribution in [2.45, 2.75) is 39.7 Å². The summed E-state index contributed by atoms with van der Waals surface area (Å²) in [7, 11) is 1.69. The van der Waals surface area contributed by atoms with E-state index in [0.717, 1.165) is 19.4 Å². The standard InChI is InChI=1S/C10H20N2O/c1-10(2,3)8-6-5-7-12(8)9(13)11-4/h8H,5-7H2,1-4H3,(H,11,13)/t8-/m1/s1. The summed E-state index contributed by atoms with van der Waals surface area (Å²) in [5, 5.41) is 2.70. The third-order valence-electron chi connectivity index (χ3n) is 2.73. The van der Waals surface area contributed by atoms with Gasteiger partial charge in [-0.2, -0.15) is 0 Å². The Bertz CT molecular complexity index is 196. The smallest absolute Gasteiger partial charge is 0.317 e. The molecule has 0 radical (unpaired) electrons. The number of likely N-dealkylation sites (tertiary alicyclic amines) is 1. The minimum atomic E-state index is 0.0671. The molecule has 2 amide bonds. The molecule has 1 atom stereocenters. The topological polar surface area (TPSA) is 32.3 Å². The van der Waals surface area contributed by atoms with E-state index in [4.69, 9.17) is 0 Å². The van der Waals surface area contributed by atoms with Crippen molar-refractivity contribution < 1.29 is 4.79 Å². The molecule has 0 aliphatic carbocycles. The minimum Gasteiger partial charge on any atom is -0.341 e. The lowest BCUT2D eigenvalue weighted by atomic mass is 9.85. The molecule has 0 saturated carbocycles. The average molecular weight is 184 g/mol. The van der Waals surface area contributed by atoms with Gasteiger partial charge in [0.2, 0.25) is 0 Å². The first kappa shape index (κ1) is 10.4. The van der Waals surface area contributed by atoms with E-state index in [1.807, 2.05) is 4.90 Å². The fraction of sp³-hybridized carbons (Fsp3) is 0.900. The molecule has 1 aliphatic rings. The maximum atomic E-state index is 11.5. The van der Waals surface area contributed by atoms with Crippen molar-refractivity contribution >= 4 is 6.03 Å². The zero-order valence-corrected chi connectivity index (χ0v) is 9.05. The van der Waals surface area contributed by atoms with E-state index in [2.05, 4.69) is 26.1 Å². The third kappa shape index (κ3) is 2.14. The van der Waals surface area contributed by atoms with Gasteiger partial charge in [-0.25, -0.2) is 4.79 Å². The van der Waals surface area contributed by atoms with E-state index in [0.29, 0.717) is 6.04 Å². The first-order valence-corrected chi connectivity index (χ1v) is 4.95. The van der Waals surface area contributed by atoms with Gasteiger partial charge in [0.25, 0.3) is 0 Å². The lowest BCUT2D eigenvalue weighted by Crippen LogP contribution is -2.46. The molecular weight excluding hydrogens is 164 g/mol. The van der Waals surface area contributed by atoms with Gasteiger partial charge >= 0.3 is 6.03 Å². The van der Waals surface area contributed by atoms with Gasteiger partial charge in [-0.15, -0.1) is 0 Å². The number of carbonyl (C=O) groups excluding carboxylic acids is 1. The zero-order chi connectivity index (χ0) is 10.1. The highest BCUT2D eigenvalue weighted by atomic mass is 16.2. The molecule has 0 unspecified atom stereocenters. The van der Waals surface area contributed by atoms with Gasteiger partial charge in [0, 0.05) is 19.6 Å². The molecule has 1 saturated heterocycles. The molecule has 76 valence electrons. The first-order valence-electron chi connectivity index (χ1n) is 4.95. The van der Waals surface area contributed by atoms with Gasteiger partial charge in [0.15, 0.2) is 0 Å². The van der Waals surface area contributed by atoms with E-state index >= 15 is 0 Å². The predicted molar refractivity (Wildman–Crippen MR) is 53.6 cm³/mol. The highest BCUT2D eigenvalue weighted by Gasteiger charge is 2.36. The Morgan fingerprint density at radius 1 is 1.46 bits per heavy atom. The van der Waals surface area contributed by atoms with Crippen LogP contribution in [0.2, 0.25) is 0 Å². The average Bonchev–Trinajstić information content (AvgIpc) is 2.49. The van der Waals surface area contributed by atoms with Crippen LogP contribution in [0.1, 0.15) is 33.6 Å². The van der Waals surface area contributed by atoms with Crippen molar-refractivity contribution in [1.82, 2.24) is 10.2 Å². The summed E-state index contributed by atoms with van der Waals surface area (Å²) < 4.78 is 0. The normalized spacial score (nSPS) is 23.4. The Kier molecular flexibility index (Phi) is 2.84. The molecule has 1 aliphatic heterocycles. The number of urea groups is 1. The second kappa shape index (κ2) is 3.56. The lowest BCUT2D eigenvalue weighted by Gasteiger charge is -2.34. The van der Waals surface area contributed by atoms with Gasteiger partial charge in [-0.1, -0.05) is 20.8 Å². The van der Waals surface area contributed by atoms with Gasteiger partial charge < -0.3 is 10.2 Å². The van der Waals surface area contributed by atoms with E-state index in [1.165, 1.54) is 0 Å². The molecule has 0 spiro atoms. The monoisotopic (exact) mass is 184 g/mol. The number of hydrogen-bond acceptors (Lipinski definition) is 1. The summed E-state index contributed by atoms with van der Waals surface area (Å²) in [6.07, 6.45) is 2.27. The van der Waals surface area contributed by atoms with Crippen LogP contribution in [-0.2, 0) is 0 Å². The Balaban J connectivity index is 2.70. The van der Waals surface area contributed by atoms with Crippen LogP contribution in [-0.4, -0.2) is 30.6 Å². The molecule has 1 rings (SSSR count). The van der Waals surface area contributed by atoms with Crippen LogP contribution in [0.4, 0.5) is 4.79 Å². The minimum absolute atomic E-state index is 0.0671. The molecule has 0 aromatic carbocycles. The van der Waals surface area contributed by atoms with Gasteiger partial charge in [-0.05, 0) is 18.3 Å². The largest absolute Gasteiger partial charge is 0.341 e. The number of nitrogens with one attached hydrogen (secondary N) is 1. The van der Waals surface area contributed by atoms with Crippen LogP contribution >= 0.6 is 0 Å². The molecule has 0 aromatic rings. The van der Waals surface area contributed by atoms with Gasteiger partial charge in [0.05, 0.1) is 0 Å². The molecule has 0 bridgehead atoms. The molecule has 3 heteroatoms. The molecular formula is C10H20N2O. The second-order valence-corrected chi connectivity index (χ2v) is 4.77. The highest BCUT2D eigenvalue weighted by molar-refractivity contribution is 5.74. The number of nitrogens with zero attached hydrogens (tertiary/aromatic N) is 1. The quantitative estimate of drug-likeness (QED) is 0.612. The fourth-order valence-corrected chi connectivity index (χ4v) is 2.05. The van der Waals surface area contributed by atoms with Gasteiger partial charge in [-0.3, -0.25) is 0 Å². The highest BCUT2D eigenvalue weighted by Crippen LogP contribution is 2.32. The molecule has 1 N–H and O–H groups in total. The van der Waals surface area contributed by atoms with E-state index < -0.39 is 0 Å². The third-order valence-corrected chi connectivity index (χ3v) is 2.73. The van der Waals surface area contributed by atoms with E-state index in [9.17, 15) is 4.79 Å². The Morgan fingerprint density at radius 2 is 2.08 bits per heavy atom. The lowest BCUT2D eigenvalue weighted by molar-refractivity contribution is 0.147. The number of rotatable bonds is 0. The van der Waals surface area contributed by atoms with Crippen molar-refractivity contribution in [3.8, 4) is 0 Å². The fourth-order valence-electron chi connectivity index (χ4n) is 2.05. The van der Waals surface area contributed by atoms with Crippen LogP contribution in [0.15, 0.2) is 0 Å². The molecule has 0 aromatic heterocycles. The number of amides is 2. The summed E-state index contributed by atoms with van der Waals surface area (Å²) in [5.41, 5.74) is 0.197. The molecule has 1 heterocycles. The molecule has 3 nitrogen and oxygen atoms in total. The Hall–Kier alpha value is -0.730. The predicted octanol–water partition coefficient (Wildman–Crippen LogP) is 1.84. The number of carbonyl (C=O) groups is 1. The molecule has 1 fully saturated rings. The second-order valence-electron chi connectivity index (χ2n) is 4.77. The van der Waals surface area contributed by atoms with Crippen molar-refractivity contribution in [3.05, 3.63) is 0 Å². The van der Waals surface area contributed by atoms with Gasteiger partial charge in [0.1, 0.15) is 0 Å². The first-order chi connectivity index (χ1) is 5.96. The maximum absolute atomic E-state index is 11.5. The van der Waals surface area contributed by atoms with E-state index in [-0.39, 0.29) is 11.4 Å². The molecule has 13 heavy (non-hydrogen) atoms. The van der Waals surface area contributed by atoms with Crippen LogP contribution in [0.25, 0.3) is 0 Å². The summed E-state index contributed by atoms with van der Waals surface area (Å²) in [5.74, 6) is 0. The van der Waals surface area contributed by atoms with Crippen LogP contribution < -0.4 is 5.32 Å². The van der Waals surface area contributed by atoms with Crippen LogP contribution in [0.3, 0.4) is 0 Å². The summed E-state index contributed by atoms with van der Waals surface area (Å²) >= 11 is 0. The zero-order valence-electron chi connectivity index (χ0n) is 9.05. The summed E-state index contributed by atoms with van der Waals surface area (Å²) in [6, 6.07) is 0.463. The SMILES string of the molecule is CNC(=O)N1CCC[C@@H]1C(C)(C)C. The summed E-state index contributed by atoms with van der Waals surface area (Å²) in [6.45, 7) is 7.48. The number of hydrogen-bond donors (Lipinski definition) is 1. The Morgan fingerprint density at radius 3 is 2.54 bits per heavy atom. The van der Waals surface area contributed by atoms with E-state index in [1.54, 1.807) is 7.05 Å². The van der Waals surface area contributed by atoms with Crippen molar-refractivity contribution in [1.29, 1.82) is 0 Å². The van der Waals surface area contributed by atoms with Crippen molar-refractivity contribution in [3.63, 3.8) is 0 Å². The summed E-state index contributed by atoms with van der Waals surface area (Å²) in [4.78, 5) is 13.4. The van der Waals surface area contributed by atoms with Crippen molar-refractivity contribution in [2.75, 3.05) is 13.6 Å². The maximum Gasteiger partial charge on any atom is 0.317 e.